The van der Waals surface area contributed by atoms with E-state index in [4.69, 9.17) is 4.74 Å². The highest BCUT2D eigenvalue weighted by molar-refractivity contribution is 7.92. The highest BCUT2D eigenvalue weighted by atomic mass is 32.2. The molecule has 2 N–H and O–H groups in total. The summed E-state index contributed by atoms with van der Waals surface area (Å²) in [5, 5.41) is 6.02. The Hall–Kier alpha value is -2.91. The van der Waals surface area contributed by atoms with Crippen LogP contribution in [0.4, 0.5) is 5.69 Å². The van der Waals surface area contributed by atoms with Gasteiger partial charge in [0.25, 0.3) is 15.9 Å². The number of ether oxygens (including phenoxy) is 1. The molecule has 9 heteroatoms. The molecule has 0 aliphatic carbocycles. The second kappa shape index (κ2) is 10.6. The molecule has 0 saturated heterocycles. The van der Waals surface area contributed by atoms with Crippen molar-refractivity contribution in [3.8, 4) is 5.75 Å². The summed E-state index contributed by atoms with van der Waals surface area (Å²) in [6, 6.07) is 11.1. The summed E-state index contributed by atoms with van der Waals surface area (Å²) in [7, 11) is -2.30. The summed E-state index contributed by atoms with van der Waals surface area (Å²) in [5.41, 5.74) is 2.50. The average molecular weight is 474 g/mol. The predicted octanol–water partition coefficient (Wildman–Crippen LogP) is 4.32. The number of aryl methyl sites for hydroxylation is 3. The molecule has 0 aliphatic rings. The Bertz CT molecular complexity index is 1170. The number of nitrogens with one attached hydrogen (secondary N) is 2. The summed E-state index contributed by atoms with van der Waals surface area (Å²) in [4.78, 5) is 17.1. The van der Waals surface area contributed by atoms with Gasteiger partial charge < -0.3 is 10.1 Å². The maximum atomic E-state index is 12.8. The lowest BCUT2D eigenvalue weighted by Crippen LogP contribution is -2.25. The largest absolute Gasteiger partial charge is 0.497 e. The number of amides is 1. The number of benzene rings is 2. The van der Waals surface area contributed by atoms with Gasteiger partial charge in [0.2, 0.25) is 0 Å². The zero-order valence-electron chi connectivity index (χ0n) is 18.3. The van der Waals surface area contributed by atoms with Gasteiger partial charge in [-0.3, -0.25) is 9.52 Å². The Kier molecular flexibility index (Phi) is 7.87. The van der Waals surface area contributed by atoms with Crippen molar-refractivity contribution >= 4 is 33.0 Å². The van der Waals surface area contributed by atoms with Crippen LogP contribution in [0.3, 0.4) is 0 Å². The SMILES string of the molecule is COc1ccc(NS(=O)(=O)c2ccc(C)c(C(=O)NCCCCc3nc(C)cs3)c2)cc1. The Labute approximate surface area is 192 Å². The van der Waals surface area contributed by atoms with Crippen LogP contribution in [0.1, 0.15) is 39.5 Å². The quantitative estimate of drug-likeness (QED) is 0.427. The molecular weight excluding hydrogens is 446 g/mol. The first-order chi connectivity index (χ1) is 15.3. The van der Waals surface area contributed by atoms with Gasteiger partial charge in [0, 0.05) is 28.9 Å². The lowest BCUT2D eigenvalue weighted by molar-refractivity contribution is 0.0952. The van der Waals surface area contributed by atoms with Crippen LogP contribution in [-0.4, -0.2) is 33.0 Å². The van der Waals surface area contributed by atoms with Crippen LogP contribution in [0, 0.1) is 13.8 Å². The van der Waals surface area contributed by atoms with Gasteiger partial charge in [0.1, 0.15) is 5.75 Å². The molecule has 1 heterocycles. The van der Waals surface area contributed by atoms with Crippen molar-refractivity contribution in [1.29, 1.82) is 0 Å². The number of hydrogen-bond acceptors (Lipinski definition) is 6. The van der Waals surface area contributed by atoms with Crippen LogP contribution in [0.2, 0.25) is 0 Å². The molecule has 170 valence electrons. The van der Waals surface area contributed by atoms with Crippen LogP contribution in [0.15, 0.2) is 52.7 Å². The number of carbonyl (C=O) groups excluding carboxylic acids is 1. The first-order valence-electron chi connectivity index (χ1n) is 10.3. The summed E-state index contributed by atoms with van der Waals surface area (Å²) in [6.07, 6.45) is 2.63. The number of thiazole rings is 1. The van der Waals surface area contributed by atoms with Crippen LogP contribution < -0.4 is 14.8 Å². The molecule has 0 saturated carbocycles. The number of sulfonamides is 1. The van der Waals surface area contributed by atoms with E-state index in [1.165, 1.54) is 12.1 Å². The first kappa shape index (κ1) is 23.7. The topological polar surface area (TPSA) is 97.4 Å². The first-order valence-corrected chi connectivity index (χ1v) is 12.6. The van der Waals surface area contributed by atoms with Gasteiger partial charge >= 0.3 is 0 Å². The molecule has 7 nitrogen and oxygen atoms in total. The molecule has 0 fully saturated rings. The molecule has 1 amide bonds. The standard InChI is InChI=1S/C23H27N3O4S2/c1-16-7-12-20(32(28,29)26-18-8-10-19(30-3)11-9-18)14-21(16)23(27)24-13-5-4-6-22-25-17(2)15-31-22/h7-12,14-15,26H,4-6,13H2,1-3H3,(H,24,27). The molecule has 1 aromatic heterocycles. The lowest BCUT2D eigenvalue weighted by atomic mass is 10.1. The third kappa shape index (κ3) is 6.30. The normalized spacial score (nSPS) is 11.2. The van der Waals surface area contributed by atoms with Crippen LogP contribution in [0.25, 0.3) is 0 Å². The molecule has 3 rings (SSSR count). The van der Waals surface area contributed by atoms with E-state index in [0.29, 0.717) is 29.1 Å². The van der Waals surface area contributed by atoms with Gasteiger partial charge in [-0.1, -0.05) is 6.07 Å². The van der Waals surface area contributed by atoms with Crippen LogP contribution >= 0.6 is 11.3 Å². The Morgan fingerprint density at radius 3 is 2.50 bits per heavy atom. The number of rotatable bonds is 10. The number of nitrogens with zero attached hydrogens (tertiary/aromatic N) is 1. The summed E-state index contributed by atoms with van der Waals surface area (Å²) >= 11 is 1.65. The second-order valence-electron chi connectivity index (χ2n) is 7.41. The fourth-order valence-electron chi connectivity index (χ4n) is 3.10. The van der Waals surface area contributed by atoms with Crippen molar-refractivity contribution < 1.29 is 17.9 Å². The zero-order chi connectivity index (χ0) is 23.1. The second-order valence-corrected chi connectivity index (χ2v) is 10.0. The molecule has 0 spiro atoms. The summed E-state index contributed by atoms with van der Waals surface area (Å²) in [5.74, 6) is 0.345. The molecule has 0 bridgehead atoms. The fourth-order valence-corrected chi connectivity index (χ4v) is 5.00. The van der Waals surface area contributed by atoms with Gasteiger partial charge in [0.15, 0.2) is 0 Å². The third-order valence-electron chi connectivity index (χ3n) is 4.88. The molecule has 0 atom stereocenters. The smallest absolute Gasteiger partial charge is 0.261 e. The molecular formula is C23H27N3O4S2. The molecule has 0 aliphatic heterocycles. The van der Waals surface area contributed by atoms with E-state index in [0.717, 1.165) is 30.0 Å². The van der Waals surface area contributed by atoms with Gasteiger partial charge in [-0.2, -0.15) is 0 Å². The minimum absolute atomic E-state index is 0.0307. The summed E-state index contributed by atoms with van der Waals surface area (Å²) < 4.78 is 33.2. The monoisotopic (exact) mass is 473 g/mol. The van der Waals surface area contributed by atoms with Crippen molar-refractivity contribution in [2.75, 3.05) is 18.4 Å². The van der Waals surface area contributed by atoms with Gasteiger partial charge in [-0.25, -0.2) is 13.4 Å². The van der Waals surface area contributed by atoms with Crippen molar-refractivity contribution in [3.63, 3.8) is 0 Å². The number of methoxy groups -OCH3 is 1. The van der Waals surface area contributed by atoms with Crippen molar-refractivity contribution in [2.24, 2.45) is 0 Å². The minimum Gasteiger partial charge on any atom is -0.497 e. The van der Waals surface area contributed by atoms with Crippen molar-refractivity contribution in [1.82, 2.24) is 10.3 Å². The molecule has 0 unspecified atom stereocenters. The number of unbranched alkanes of at least 4 members (excludes halogenated alkanes) is 1. The van der Waals surface area contributed by atoms with Gasteiger partial charge in [-0.05, 0) is 75.1 Å². The zero-order valence-corrected chi connectivity index (χ0v) is 20.0. The Morgan fingerprint density at radius 2 is 1.84 bits per heavy atom. The van der Waals surface area contributed by atoms with Crippen molar-refractivity contribution in [3.05, 3.63) is 69.7 Å². The maximum Gasteiger partial charge on any atom is 0.261 e. The van der Waals surface area contributed by atoms with E-state index in [-0.39, 0.29) is 10.8 Å². The number of anilines is 1. The molecule has 3 aromatic rings. The van der Waals surface area contributed by atoms with Crippen molar-refractivity contribution in [2.45, 2.75) is 38.0 Å². The van der Waals surface area contributed by atoms with E-state index in [1.807, 2.05) is 12.3 Å². The average Bonchev–Trinajstić information content (AvgIpc) is 3.18. The lowest BCUT2D eigenvalue weighted by Gasteiger charge is -2.12. The summed E-state index contributed by atoms with van der Waals surface area (Å²) in [6.45, 7) is 4.28. The highest BCUT2D eigenvalue weighted by Gasteiger charge is 2.18. The minimum atomic E-state index is -3.84. The van der Waals surface area contributed by atoms with E-state index < -0.39 is 10.0 Å². The number of carbonyl (C=O) groups is 1. The number of aromatic nitrogens is 1. The third-order valence-corrected chi connectivity index (χ3v) is 7.28. The fraction of sp³-hybridized carbons (Fsp3) is 0.304. The Morgan fingerprint density at radius 1 is 1.09 bits per heavy atom. The molecule has 0 radical (unpaired) electrons. The van der Waals surface area contributed by atoms with E-state index in [1.54, 1.807) is 55.7 Å². The predicted molar refractivity (Wildman–Crippen MR) is 127 cm³/mol. The van der Waals surface area contributed by atoms with E-state index >= 15 is 0 Å². The van der Waals surface area contributed by atoms with Gasteiger partial charge in [0.05, 0.1) is 17.0 Å². The number of hydrogen-bond donors (Lipinski definition) is 2. The molecule has 2 aromatic carbocycles. The van der Waals surface area contributed by atoms with Gasteiger partial charge in [-0.15, -0.1) is 11.3 Å². The van der Waals surface area contributed by atoms with Crippen LogP contribution in [-0.2, 0) is 16.4 Å². The van der Waals surface area contributed by atoms with Crippen LogP contribution in [0.5, 0.6) is 5.75 Å². The van der Waals surface area contributed by atoms with E-state index in [2.05, 4.69) is 15.0 Å². The Balaban J connectivity index is 1.60. The maximum absolute atomic E-state index is 12.8. The molecule has 32 heavy (non-hydrogen) atoms. The highest BCUT2D eigenvalue weighted by Crippen LogP contribution is 2.21. The van der Waals surface area contributed by atoms with E-state index in [9.17, 15) is 13.2 Å².